The van der Waals surface area contributed by atoms with Gasteiger partial charge in [0.1, 0.15) is 17.6 Å². The molecule has 3 amide bonds. The highest BCUT2D eigenvalue weighted by Crippen LogP contribution is 2.52. The van der Waals surface area contributed by atoms with Crippen molar-refractivity contribution in [2.45, 2.75) is 81.0 Å². The summed E-state index contributed by atoms with van der Waals surface area (Å²) in [6, 6.07) is 5.75. The van der Waals surface area contributed by atoms with E-state index < -0.39 is 53.8 Å². The Balaban J connectivity index is 1.37. The van der Waals surface area contributed by atoms with E-state index in [1.54, 1.807) is 24.3 Å². The van der Waals surface area contributed by atoms with Gasteiger partial charge in [-0.1, -0.05) is 17.7 Å². The van der Waals surface area contributed by atoms with Crippen LogP contribution in [0.1, 0.15) is 51.4 Å². The number of rotatable bonds is 7. The molecular formula is C26H30ClF2N5O3. The predicted octanol–water partition coefficient (Wildman–Crippen LogP) is 3.22. The molecular weight excluding hydrogens is 504 g/mol. The van der Waals surface area contributed by atoms with Gasteiger partial charge in [-0.3, -0.25) is 14.4 Å². The summed E-state index contributed by atoms with van der Waals surface area (Å²) in [5.74, 6) is -6.17. The molecule has 3 aliphatic heterocycles. The lowest BCUT2D eigenvalue weighted by atomic mass is 9.71. The summed E-state index contributed by atoms with van der Waals surface area (Å²) in [5.41, 5.74) is -0.340. The molecule has 2 aliphatic carbocycles. The van der Waals surface area contributed by atoms with Gasteiger partial charge in [-0.25, -0.2) is 8.78 Å². The number of hydrogen-bond donors (Lipinski definition) is 3. The van der Waals surface area contributed by atoms with Crippen molar-refractivity contribution >= 4 is 35.0 Å². The van der Waals surface area contributed by atoms with Gasteiger partial charge in [0.2, 0.25) is 17.7 Å². The van der Waals surface area contributed by atoms with Gasteiger partial charge in [0.25, 0.3) is 5.92 Å². The third-order valence-corrected chi connectivity index (χ3v) is 8.43. The smallest absolute Gasteiger partial charge is 0.255 e. The lowest BCUT2D eigenvalue weighted by Gasteiger charge is -2.54. The standard InChI is InChI=1S/C26H30ClF2N5O3/c27-16-4-1-5-17(12-16)33-25(8-9-25)24(37)34-19-6-7-20(26(28,29)13-19)21(34)23(36)32-18(14-30)11-15-3-2-10-31-22(15)35/h1,4-5,12,15,18-21,33H,2-3,6-11,13H2,(H,31,35)(H,32,36)/t15-,18+,19+,20+,21+/m1/s1. The van der Waals surface area contributed by atoms with Crippen LogP contribution in [0, 0.1) is 23.2 Å². The molecule has 0 spiro atoms. The third kappa shape index (κ3) is 4.98. The monoisotopic (exact) mass is 533 g/mol. The molecule has 5 aliphatic rings. The van der Waals surface area contributed by atoms with E-state index in [2.05, 4.69) is 16.0 Å². The van der Waals surface area contributed by atoms with Gasteiger partial charge in [-0.15, -0.1) is 0 Å². The first kappa shape index (κ1) is 25.7. The molecule has 3 heterocycles. The molecule has 37 heavy (non-hydrogen) atoms. The normalized spacial score (nSPS) is 30.0. The van der Waals surface area contributed by atoms with Crippen molar-refractivity contribution in [3.05, 3.63) is 29.3 Å². The lowest BCUT2D eigenvalue weighted by molar-refractivity contribution is -0.195. The van der Waals surface area contributed by atoms with Crippen molar-refractivity contribution in [2.24, 2.45) is 11.8 Å². The van der Waals surface area contributed by atoms with Gasteiger partial charge >= 0.3 is 0 Å². The van der Waals surface area contributed by atoms with Crippen molar-refractivity contribution in [3.8, 4) is 6.07 Å². The first-order valence-electron chi connectivity index (χ1n) is 12.9. The number of fused-ring (bicyclic) bond motifs is 3. The van der Waals surface area contributed by atoms with Crippen LogP contribution in [0.25, 0.3) is 0 Å². The Kier molecular flexibility index (Phi) is 6.77. The minimum atomic E-state index is -3.09. The highest BCUT2D eigenvalue weighted by Gasteiger charge is 2.64. The van der Waals surface area contributed by atoms with E-state index in [4.69, 9.17) is 11.6 Å². The zero-order valence-corrected chi connectivity index (χ0v) is 21.1. The Bertz CT molecular complexity index is 1140. The molecule has 2 saturated carbocycles. The van der Waals surface area contributed by atoms with Crippen LogP contribution in [0.2, 0.25) is 5.02 Å². The number of nitriles is 1. The lowest BCUT2D eigenvalue weighted by Crippen LogP contribution is -2.70. The summed E-state index contributed by atoms with van der Waals surface area (Å²) in [6.07, 6.45) is 2.51. The minimum absolute atomic E-state index is 0.0967. The third-order valence-electron chi connectivity index (χ3n) is 8.20. The summed E-state index contributed by atoms with van der Waals surface area (Å²) in [6.45, 7) is 0.571. The number of nitrogens with zero attached hydrogens (tertiary/aromatic N) is 2. The summed E-state index contributed by atoms with van der Waals surface area (Å²) < 4.78 is 30.1. The summed E-state index contributed by atoms with van der Waals surface area (Å²) in [7, 11) is 0. The maximum absolute atomic E-state index is 15.0. The van der Waals surface area contributed by atoms with Crippen LogP contribution in [0.15, 0.2) is 24.3 Å². The van der Waals surface area contributed by atoms with Crippen LogP contribution in [0.3, 0.4) is 0 Å². The van der Waals surface area contributed by atoms with Crippen LogP contribution >= 0.6 is 11.6 Å². The number of piperidine rings is 3. The fraction of sp³-hybridized carbons (Fsp3) is 0.615. The van der Waals surface area contributed by atoms with Crippen LogP contribution in [0.5, 0.6) is 0 Å². The summed E-state index contributed by atoms with van der Waals surface area (Å²) in [5, 5.41) is 18.7. The number of carbonyl (C=O) groups excluding carboxylic acids is 3. The van der Waals surface area contributed by atoms with Crippen molar-refractivity contribution in [1.82, 2.24) is 15.5 Å². The van der Waals surface area contributed by atoms with Gasteiger partial charge in [-0.2, -0.15) is 5.26 Å². The Morgan fingerprint density at radius 3 is 2.70 bits per heavy atom. The minimum Gasteiger partial charge on any atom is -0.371 e. The van der Waals surface area contributed by atoms with Gasteiger partial charge in [0.05, 0.1) is 12.0 Å². The Hall–Kier alpha value is -2.93. The van der Waals surface area contributed by atoms with Crippen molar-refractivity contribution < 1.29 is 23.2 Å². The fourth-order valence-corrected chi connectivity index (χ4v) is 6.34. The molecule has 11 heteroatoms. The highest BCUT2D eigenvalue weighted by molar-refractivity contribution is 6.30. The average molecular weight is 534 g/mol. The van der Waals surface area contributed by atoms with Gasteiger partial charge in [0, 0.05) is 35.6 Å². The molecule has 0 aromatic heterocycles. The van der Waals surface area contributed by atoms with Crippen LogP contribution < -0.4 is 16.0 Å². The zero-order chi connectivity index (χ0) is 26.4. The number of nitrogens with one attached hydrogen (secondary N) is 3. The maximum Gasteiger partial charge on any atom is 0.255 e. The molecule has 1 aromatic rings. The SMILES string of the molecule is N#C[C@H](C[C@H]1CCCNC1=O)NC(=O)[C@@H]1[C@@H]2CC[C@@H](CC2(F)F)N1C(=O)C1(Nc2cccc(Cl)c2)CC1. The molecule has 3 N–H and O–H groups in total. The van der Waals surface area contributed by atoms with Crippen molar-refractivity contribution in [1.29, 1.82) is 5.26 Å². The van der Waals surface area contributed by atoms with Crippen LogP contribution in [-0.2, 0) is 14.4 Å². The number of alkyl halides is 2. The van der Waals surface area contributed by atoms with Gasteiger partial charge < -0.3 is 20.9 Å². The molecule has 1 aromatic carbocycles. The largest absolute Gasteiger partial charge is 0.371 e. The summed E-state index contributed by atoms with van der Waals surface area (Å²) >= 11 is 6.09. The fourth-order valence-electron chi connectivity index (χ4n) is 6.15. The van der Waals surface area contributed by atoms with E-state index >= 15 is 8.78 Å². The van der Waals surface area contributed by atoms with E-state index in [1.165, 1.54) is 4.90 Å². The van der Waals surface area contributed by atoms with Crippen molar-refractivity contribution in [3.63, 3.8) is 0 Å². The van der Waals surface area contributed by atoms with E-state index in [0.717, 1.165) is 6.42 Å². The summed E-state index contributed by atoms with van der Waals surface area (Å²) in [4.78, 5) is 40.9. The Morgan fingerprint density at radius 1 is 1.27 bits per heavy atom. The average Bonchev–Trinajstić information content (AvgIpc) is 3.64. The van der Waals surface area contributed by atoms with E-state index in [-0.39, 0.29) is 24.7 Å². The number of anilines is 1. The first-order valence-corrected chi connectivity index (χ1v) is 13.2. The van der Waals surface area contributed by atoms with E-state index in [9.17, 15) is 19.6 Å². The van der Waals surface area contributed by atoms with Crippen LogP contribution in [0.4, 0.5) is 14.5 Å². The van der Waals surface area contributed by atoms with Crippen molar-refractivity contribution in [2.75, 3.05) is 11.9 Å². The highest BCUT2D eigenvalue weighted by atomic mass is 35.5. The Labute approximate surface area is 219 Å². The van der Waals surface area contributed by atoms with Gasteiger partial charge in [0.15, 0.2) is 0 Å². The second-order valence-corrected chi connectivity index (χ2v) is 11.2. The number of carbonyl (C=O) groups is 3. The number of halogens is 3. The second kappa shape index (κ2) is 9.75. The molecule has 5 atom stereocenters. The van der Waals surface area contributed by atoms with E-state index in [0.29, 0.717) is 42.9 Å². The first-order chi connectivity index (χ1) is 17.6. The van der Waals surface area contributed by atoms with Crippen LogP contribution in [-0.4, -0.2) is 58.8 Å². The molecule has 6 rings (SSSR count). The second-order valence-electron chi connectivity index (χ2n) is 10.7. The predicted molar refractivity (Wildman–Crippen MR) is 132 cm³/mol. The molecule has 0 radical (unpaired) electrons. The molecule has 8 nitrogen and oxygen atoms in total. The number of amides is 3. The topological polar surface area (TPSA) is 114 Å². The molecule has 198 valence electrons. The molecule has 5 fully saturated rings. The maximum atomic E-state index is 15.0. The molecule has 2 bridgehead atoms. The van der Waals surface area contributed by atoms with E-state index in [1.807, 2.05) is 6.07 Å². The quantitative estimate of drug-likeness (QED) is 0.498. The number of hydrogen-bond acceptors (Lipinski definition) is 5. The number of benzene rings is 1. The van der Waals surface area contributed by atoms with Gasteiger partial charge in [-0.05, 0) is 63.1 Å². The Morgan fingerprint density at radius 2 is 2.05 bits per heavy atom. The molecule has 3 saturated heterocycles. The zero-order valence-electron chi connectivity index (χ0n) is 20.3. The molecule has 0 unspecified atom stereocenters.